The minimum atomic E-state index is -0.264. The first-order valence-corrected chi connectivity index (χ1v) is 10.6. The summed E-state index contributed by atoms with van der Waals surface area (Å²) in [5.74, 6) is 0.479. The van der Waals surface area contributed by atoms with Crippen molar-refractivity contribution in [1.82, 2.24) is 19.4 Å². The molecular weight excluding hydrogens is 431 g/mol. The number of aromatic nitrogens is 3. The number of ketones is 1. The minimum absolute atomic E-state index is 0.156. The van der Waals surface area contributed by atoms with Gasteiger partial charge in [0.05, 0.1) is 10.5 Å². The molecule has 1 aliphatic rings. The predicted octanol–water partition coefficient (Wildman–Crippen LogP) is 4.81. The molecule has 32 heavy (non-hydrogen) atoms. The maximum absolute atomic E-state index is 13.6. The van der Waals surface area contributed by atoms with Gasteiger partial charge in [0.15, 0.2) is 11.6 Å². The van der Waals surface area contributed by atoms with Gasteiger partial charge in [0.25, 0.3) is 0 Å². The van der Waals surface area contributed by atoms with E-state index in [1.54, 1.807) is 18.5 Å². The lowest BCUT2D eigenvalue weighted by atomic mass is 10.1. The zero-order valence-electron chi connectivity index (χ0n) is 17.4. The molecule has 0 N–H and O–H groups in total. The molecular formula is C24H20ClFN4O2. The Hall–Kier alpha value is -3.29. The minimum Gasteiger partial charge on any atom is -0.490 e. The van der Waals surface area contributed by atoms with Gasteiger partial charge in [-0.25, -0.2) is 14.4 Å². The number of rotatable bonds is 4. The van der Waals surface area contributed by atoms with Crippen molar-refractivity contribution in [3.63, 3.8) is 0 Å². The number of nitrogens with zero attached hydrogens (tertiary/aromatic N) is 4. The SMILES string of the molecule is CC(=O)c1ncc(CN2CCOc3c(Cl)cc(-n4ccc5cc(F)ccc54)cc3C2)cn1. The van der Waals surface area contributed by atoms with Gasteiger partial charge >= 0.3 is 0 Å². The first kappa shape index (κ1) is 20.6. The predicted molar refractivity (Wildman–Crippen MR) is 120 cm³/mol. The Morgan fingerprint density at radius 2 is 2.00 bits per heavy atom. The molecule has 1 aliphatic heterocycles. The van der Waals surface area contributed by atoms with Crippen LogP contribution < -0.4 is 4.74 Å². The lowest BCUT2D eigenvalue weighted by Gasteiger charge is -2.19. The molecule has 0 spiro atoms. The van der Waals surface area contributed by atoms with E-state index in [9.17, 15) is 9.18 Å². The van der Waals surface area contributed by atoms with Crippen molar-refractivity contribution in [3.8, 4) is 11.4 Å². The summed E-state index contributed by atoms with van der Waals surface area (Å²) in [6.45, 7) is 3.91. The van der Waals surface area contributed by atoms with Gasteiger partial charge < -0.3 is 9.30 Å². The third-order valence-corrected chi connectivity index (χ3v) is 5.79. The monoisotopic (exact) mass is 450 g/mol. The van der Waals surface area contributed by atoms with Crippen LogP contribution >= 0.6 is 11.6 Å². The van der Waals surface area contributed by atoms with Gasteiger partial charge in [-0.15, -0.1) is 0 Å². The molecule has 0 radical (unpaired) electrons. The summed E-state index contributed by atoms with van der Waals surface area (Å²) < 4.78 is 21.5. The number of ether oxygens (including phenoxy) is 1. The third kappa shape index (κ3) is 3.97. The molecule has 0 saturated carbocycles. The fourth-order valence-corrected chi connectivity index (χ4v) is 4.29. The molecule has 0 amide bonds. The van der Waals surface area contributed by atoms with E-state index in [0.717, 1.165) is 27.7 Å². The number of Topliss-reactive ketones (excluding diaryl/α,β-unsaturated/α-hetero) is 1. The van der Waals surface area contributed by atoms with Crippen molar-refractivity contribution < 1.29 is 13.9 Å². The maximum Gasteiger partial charge on any atom is 0.196 e. The normalized spacial score (nSPS) is 14.1. The molecule has 162 valence electrons. The van der Waals surface area contributed by atoms with Gasteiger partial charge in [-0.3, -0.25) is 9.69 Å². The Bertz CT molecular complexity index is 1320. The molecule has 0 saturated heterocycles. The first-order valence-electron chi connectivity index (χ1n) is 10.2. The van der Waals surface area contributed by atoms with E-state index in [1.807, 2.05) is 22.9 Å². The molecule has 0 bridgehead atoms. The van der Waals surface area contributed by atoms with Gasteiger partial charge in [-0.1, -0.05) is 11.6 Å². The van der Waals surface area contributed by atoms with E-state index in [1.165, 1.54) is 19.1 Å². The van der Waals surface area contributed by atoms with Crippen LogP contribution in [0.25, 0.3) is 16.6 Å². The highest BCUT2D eigenvalue weighted by Gasteiger charge is 2.20. The summed E-state index contributed by atoms with van der Waals surface area (Å²) in [5.41, 5.74) is 3.67. The van der Waals surface area contributed by atoms with E-state index in [2.05, 4.69) is 20.9 Å². The summed E-state index contributed by atoms with van der Waals surface area (Å²) >= 11 is 6.60. The Morgan fingerprint density at radius 3 is 2.78 bits per heavy atom. The summed E-state index contributed by atoms with van der Waals surface area (Å²) in [6.07, 6.45) is 5.28. The maximum atomic E-state index is 13.6. The van der Waals surface area contributed by atoms with Crippen molar-refractivity contribution in [2.24, 2.45) is 0 Å². The molecule has 3 heterocycles. The van der Waals surface area contributed by atoms with Gasteiger partial charge in [-0.05, 0) is 36.4 Å². The second-order valence-corrected chi connectivity index (χ2v) is 8.24. The van der Waals surface area contributed by atoms with Crippen LogP contribution in [0.4, 0.5) is 4.39 Å². The van der Waals surface area contributed by atoms with E-state index >= 15 is 0 Å². The van der Waals surface area contributed by atoms with Crippen LogP contribution in [0, 0.1) is 5.82 Å². The molecule has 0 unspecified atom stereocenters. The lowest BCUT2D eigenvalue weighted by molar-refractivity contribution is 0.100. The molecule has 0 aliphatic carbocycles. The zero-order valence-corrected chi connectivity index (χ0v) is 18.1. The Labute approximate surface area is 189 Å². The standard InChI is InChI=1S/C24H20ClFN4O2/c1-15(31)24-27-11-16(12-28-24)13-29-6-7-32-23-18(14-29)9-20(10-21(23)25)30-5-4-17-8-19(26)2-3-22(17)30/h2-5,8-12H,6-7,13-14H2,1H3. The largest absolute Gasteiger partial charge is 0.490 e. The average Bonchev–Trinajstić information content (AvgIpc) is 3.07. The highest BCUT2D eigenvalue weighted by Crippen LogP contribution is 2.35. The molecule has 4 aromatic rings. The molecule has 2 aromatic carbocycles. The molecule has 5 rings (SSSR count). The van der Waals surface area contributed by atoms with E-state index < -0.39 is 0 Å². The average molecular weight is 451 g/mol. The number of fused-ring (bicyclic) bond motifs is 2. The van der Waals surface area contributed by atoms with Crippen LogP contribution in [-0.2, 0) is 13.1 Å². The van der Waals surface area contributed by atoms with Crippen molar-refractivity contribution in [2.75, 3.05) is 13.2 Å². The third-order valence-electron chi connectivity index (χ3n) is 5.51. The number of hydrogen-bond acceptors (Lipinski definition) is 5. The summed E-state index contributed by atoms with van der Waals surface area (Å²) in [5, 5.41) is 1.36. The summed E-state index contributed by atoms with van der Waals surface area (Å²) in [6, 6.07) is 10.5. The highest BCUT2D eigenvalue weighted by atomic mass is 35.5. The quantitative estimate of drug-likeness (QED) is 0.417. The fraction of sp³-hybridized carbons (Fsp3) is 0.208. The number of carbonyl (C=O) groups is 1. The number of carbonyl (C=O) groups excluding carboxylic acids is 1. The lowest BCUT2D eigenvalue weighted by Crippen LogP contribution is -2.25. The van der Waals surface area contributed by atoms with E-state index in [4.69, 9.17) is 16.3 Å². The molecule has 8 heteroatoms. The van der Waals surface area contributed by atoms with Crippen LogP contribution in [0.15, 0.2) is 55.0 Å². The van der Waals surface area contributed by atoms with Crippen molar-refractivity contribution >= 4 is 28.3 Å². The van der Waals surface area contributed by atoms with E-state index in [0.29, 0.717) is 37.0 Å². The summed E-state index contributed by atoms with van der Waals surface area (Å²) in [7, 11) is 0. The molecule has 0 atom stereocenters. The highest BCUT2D eigenvalue weighted by molar-refractivity contribution is 6.32. The van der Waals surface area contributed by atoms with Crippen molar-refractivity contribution in [2.45, 2.75) is 20.0 Å². The van der Waals surface area contributed by atoms with Gasteiger partial charge in [0, 0.05) is 67.3 Å². The van der Waals surface area contributed by atoms with Crippen molar-refractivity contribution in [1.29, 1.82) is 0 Å². The Kier molecular flexibility index (Phi) is 5.36. The topological polar surface area (TPSA) is 60.3 Å². The van der Waals surface area contributed by atoms with Crippen LogP contribution in [0.5, 0.6) is 5.75 Å². The Balaban J connectivity index is 1.45. The van der Waals surface area contributed by atoms with Crippen molar-refractivity contribution in [3.05, 3.63) is 82.8 Å². The van der Waals surface area contributed by atoms with Crippen LogP contribution in [0.2, 0.25) is 5.02 Å². The Morgan fingerprint density at radius 1 is 1.19 bits per heavy atom. The smallest absolute Gasteiger partial charge is 0.196 e. The fourth-order valence-electron chi connectivity index (χ4n) is 4.00. The second-order valence-electron chi connectivity index (χ2n) is 7.83. The summed E-state index contributed by atoms with van der Waals surface area (Å²) in [4.78, 5) is 21.9. The van der Waals surface area contributed by atoms with Crippen LogP contribution in [0.3, 0.4) is 0 Å². The number of benzene rings is 2. The molecule has 0 fully saturated rings. The zero-order chi connectivity index (χ0) is 22.2. The van der Waals surface area contributed by atoms with Crippen LogP contribution in [0.1, 0.15) is 28.7 Å². The van der Waals surface area contributed by atoms with Crippen LogP contribution in [-0.4, -0.2) is 38.4 Å². The molecule has 6 nitrogen and oxygen atoms in total. The second kappa shape index (κ2) is 8.33. The number of halogens is 2. The van der Waals surface area contributed by atoms with Gasteiger partial charge in [-0.2, -0.15) is 0 Å². The van der Waals surface area contributed by atoms with Gasteiger partial charge in [0.1, 0.15) is 18.2 Å². The number of hydrogen-bond donors (Lipinski definition) is 0. The van der Waals surface area contributed by atoms with E-state index in [-0.39, 0.29) is 17.4 Å². The van der Waals surface area contributed by atoms with Gasteiger partial charge in [0.2, 0.25) is 0 Å². The first-order chi connectivity index (χ1) is 15.5. The molecule has 2 aromatic heterocycles.